The molecule has 13 heavy (non-hydrogen) atoms. The standard InChI is InChI=1S/C11H11NO/c1-9(8-13)6-10-2-4-11(7-12)5-3-10/h2-6,13H,8H2,1H3/b9-6+. The summed E-state index contributed by atoms with van der Waals surface area (Å²) < 4.78 is 0. The average Bonchev–Trinajstić information content (AvgIpc) is 2.19. The average molecular weight is 173 g/mol. The second-order valence-corrected chi connectivity index (χ2v) is 2.88. The predicted molar refractivity (Wildman–Crippen MR) is 51.9 cm³/mol. The van der Waals surface area contributed by atoms with E-state index in [0.717, 1.165) is 11.1 Å². The molecule has 0 unspecified atom stereocenters. The van der Waals surface area contributed by atoms with Gasteiger partial charge in [-0.25, -0.2) is 0 Å². The van der Waals surface area contributed by atoms with Crippen molar-refractivity contribution in [3.8, 4) is 6.07 Å². The molecule has 0 saturated carbocycles. The zero-order valence-electron chi connectivity index (χ0n) is 7.49. The third kappa shape index (κ3) is 2.73. The third-order valence-corrected chi connectivity index (χ3v) is 1.70. The Balaban J connectivity index is 2.88. The summed E-state index contributed by atoms with van der Waals surface area (Å²) in [5, 5.41) is 17.3. The van der Waals surface area contributed by atoms with Crippen molar-refractivity contribution in [2.24, 2.45) is 0 Å². The van der Waals surface area contributed by atoms with Crippen molar-refractivity contribution >= 4 is 6.08 Å². The number of benzene rings is 1. The van der Waals surface area contributed by atoms with Gasteiger partial charge >= 0.3 is 0 Å². The van der Waals surface area contributed by atoms with Crippen molar-refractivity contribution in [1.29, 1.82) is 5.26 Å². The molecule has 66 valence electrons. The lowest BCUT2D eigenvalue weighted by atomic mass is 10.1. The molecule has 0 heterocycles. The van der Waals surface area contributed by atoms with Crippen LogP contribution in [0.4, 0.5) is 0 Å². The highest BCUT2D eigenvalue weighted by Crippen LogP contribution is 2.07. The minimum absolute atomic E-state index is 0.0694. The highest BCUT2D eigenvalue weighted by molar-refractivity contribution is 5.53. The van der Waals surface area contributed by atoms with Gasteiger partial charge in [-0.05, 0) is 30.2 Å². The van der Waals surface area contributed by atoms with Crippen LogP contribution >= 0.6 is 0 Å². The fourth-order valence-corrected chi connectivity index (χ4v) is 0.984. The van der Waals surface area contributed by atoms with E-state index in [-0.39, 0.29) is 6.61 Å². The van der Waals surface area contributed by atoms with Crippen LogP contribution in [0.2, 0.25) is 0 Å². The van der Waals surface area contributed by atoms with Crippen LogP contribution in [0.25, 0.3) is 6.08 Å². The second kappa shape index (κ2) is 4.44. The first kappa shape index (κ1) is 9.50. The van der Waals surface area contributed by atoms with Crippen LogP contribution in [-0.2, 0) is 0 Å². The molecule has 2 heteroatoms. The molecule has 0 aliphatic heterocycles. The van der Waals surface area contributed by atoms with E-state index in [1.54, 1.807) is 12.1 Å². The molecule has 1 rings (SSSR count). The molecule has 2 nitrogen and oxygen atoms in total. The van der Waals surface area contributed by atoms with Crippen LogP contribution in [-0.4, -0.2) is 11.7 Å². The quantitative estimate of drug-likeness (QED) is 0.742. The Bertz CT molecular complexity index is 343. The summed E-state index contributed by atoms with van der Waals surface area (Å²) in [5.74, 6) is 0. The topological polar surface area (TPSA) is 44.0 Å². The van der Waals surface area contributed by atoms with Crippen molar-refractivity contribution in [2.45, 2.75) is 6.92 Å². The largest absolute Gasteiger partial charge is 0.392 e. The van der Waals surface area contributed by atoms with Crippen LogP contribution in [0.1, 0.15) is 18.1 Å². The summed E-state index contributed by atoms with van der Waals surface area (Å²) in [4.78, 5) is 0. The number of nitriles is 1. The molecule has 0 aliphatic rings. The Labute approximate surface area is 77.8 Å². The lowest BCUT2D eigenvalue weighted by molar-refractivity contribution is 0.332. The first-order valence-corrected chi connectivity index (χ1v) is 4.04. The van der Waals surface area contributed by atoms with Crippen LogP contribution in [0.3, 0.4) is 0 Å². The molecule has 0 radical (unpaired) electrons. The summed E-state index contributed by atoms with van der Waals surface area (Å²) in [5.41, 5.74) is 2.56. The zero-order chi connectivity index (χ0) is 9.68. The van der Waals surface area contributed by atoms with Gasteiger partial charge < -0.3 is 5.11 Å². The van der Waals surface area contributed by atoms with Gasteiger partial charge in [-0.2, -0.15) is 5.26 Å². The number of hydrogen-bond acceptors (Lipinski definition) is 2. The van der Waals surface area contributed by atoms with Crippen LogP contribution in [0.15, 0.2) is 29.8 Å². The van der Waals surface area contributed by atoms with Crippen LogP contribution in [0, 0.1) is 11.3 Å². The van der Waals surface area contributed by atoms with E-state index in [0.29, 0.717) is 5.56 Å². The first-order chi connectivity index (χ1) is 6.26. The molecule has 0 aromatic heterocycles. The molecule has 0 atom stereocenters. The normalized spacial score (nSPS) is 11.0. The van der Waals surface area contributed by atoms with Crippen molar-refractivity contribution < 1.29 is 5.11 Å². The lowest BCUT2D eigenvalue weighted by Gasteiger charge is -1.96. The number of rotatable bonds is 2. The van der Waals surface area contributed by atoms with Gasteiger partial charge in [-0.15, -0.1) is 0 Å². The minimum atomic E-state index is 0.0694. The second-order valence-electron chi connectivity index (χ2n) is 2.88. The molecule has 0 aliphatic carbocycles. The van der Waals surface area contributed by atoms with Crippen LogP contribution in [0.5, 0.6) is 0 Å². The molecule has 0 amide bonds. The van der Waals surface area contributed by atoms with Gasteiger partial charge in [0, 0.05) is 0 Å². The molecule has 0 bridgehead atoms. The zero-order valence-corrected chi connectivity index (χ0v) is 7.49. The summed E-state index contributed by atoms with van der Waals surface area (Å²) >= 11 is 0. The van der Waals surface area contributed by atoms with E-state index >= 15 is 0 Å². The first-order valence-electron chi connectivity index (χ1n) is 4.04. The summed E-state index contributed by atoms with van der Waals surface area (Å²) in [6.07, 6.45) is 1.89. The lowest BCUT2D eigenvalue weighted by Crippen LogP contribution is -1.83. The number of aliphatic hydroxyl groups is 1. The fraction of sp³-hybridized carbons (Fsp3) is 0.182. The Morgan fingerprint density at radius 1 is 1.46 bits per heavy atom. The van der Waals surface area contributed by atoms with Gasteiger partial charge in [0.05, 0.1) is 18.2 Å². The van der Waals surface area contributed by atoms with Crippen molar-refractivity contribution in [2.75, 3.05) is 6.61 Å². The van der Waals surface area contributed by atoms with Gasteiger partial charge in [0.15, 0.2) is 0 Å². The maximum absolute atomic E-state index is 8.78. The highest BCUT2D eigenvalue weighted by Gasteiger charge is 1.91. The van der Waals surface area contributed by atoms with E-state index in [1.165, 1.54) is 0 Å². The summed E-state index contributed by atoms with van der Waals surface area (Å²) in [6, 6.07) is 9.29. The molecule has 0 fully saturated rings. The number of hydrogen-bond donors (Lipinski definition) is 1. The monoisotopic (exact) mass is 173 g/mol. The molecular formula is C11H11NO. The SMILES string of the molecule is C/C(=C\c1ccc(C#N)cc1)CO. The molecule has 1 aromatic rings. The smallest absolute Gasteiger partial charge is 0.0991 e. The molecule has 1 aromatic carbocycles. The van der Waals surface area contributed by atoms with Gasteiger partial charge in [-0.1, -0.05) is 18.2 Å². The van der Waals surface area contributed by atoms with E-state index in [9.17, 15) is 0 Å². The fourth-order valence-electron chi connectivity index (χ4n) is 0.984. The van der Waals surface area contributed by atoms with E-state index < -0.39 is 0 Å². The van der Waals surface area contributed by atoms with Crippen LogP contribution < -0.4 is 0 Å². The van der Waals surface area contributed by atoms with E-state index in [4.69, 9.17) is 10.4 Å². The summed E-state index contributed by atoms with van der Waals surface area (Å²) in [6.45, 7) is 1.93. The van der Waals surface area contributed by atoms with Gasteiger partial charge in [0.25, 0.3) is 0 Å². The maximum Gasteiger partial charge on any atom is 0.0991 e. The van der Waals surface area contributed by atoms with Gasteiger partial charge in [0.2, 0.25) is 0 Å². The van der Waals surface area contributed by atoms with Crippen molar-refractivity contribution in [3.63, 3.8) is 0 Å². The number of aliphatic hydroxyl groups excluding tert-OH is 1. The molecule has 0 spiro atoms. The van der Waals surface area contributed by atoms with E-state index in [1.807, 2.05) is 25.1 Å². The number of nitrogens with zero attached hydrogens (tertiary/aromatic N) is 1. The van der Waals surface area contributed by atoms with E-state index in [2.05, 4.69) is 6.07 Å². The van der Waals surface area contributed by atoms with Gasteiger partial charge in [-0.3, -0.25) is 0 Å². The van der Waals surface area contributed by atoms with Gasteiger partial charge in [0.1, 0.15) is 0 Å². The summed E-state index contributed by atoms with van der Waals surface area (Å²) in [7, 11) is 0. The maximum atomic E-state index is 8.78. The highest BCUT2D eigenvalue weighted by atomic mass is 16.3. The van der Waals surface area contributed by atoms with Crippen molar-refractivity contribution in [3.05, 3.63) is 41.0 Å². The molecular weight excluding hydrogens is 162 g/mol. The predicted octanol–water partition coefficient (Wildman–Crippen LogP) is 1.95. The Kier molecular flexibility index (Phi) is 3.24. The third-order valence-electron chi connectivity index (χ3n) is 1.70. The molecule has 1 N–H and O–H groups in total. The Morgan fingerprint density at radius 2 is 2.08 bits per heavy atom. The Hall–Kier alpha value is -1.59. The van der Waals surface area contributed by atoms with Crippen molar-refractivity contribution in [1.82, 2.24) is 0 Å². The molecule has 0 saturated heterocycles. The Morgan fingerprint density at radius 3 is 2.54 bits per heavy atom. The minimum Gasteiger partial charge on any atom is -0.392 e.